The second-order valence-corrected chi connectivity index (χ2v) is 5.85. The largest absolute Gasteiger partial charge is 0.465 e. The highest BCUT2D eigenvalue weighted by Crippen LogP contribution is 2.08. The van der Waals surface area contributed by atoms with Gasteiger partial charge < -0.3 is 20.5 Å². The van der Waals surface area contributed by atoms with Gasteiger partial charge in [0.1, 0.15) is 12.6 Å². The number of amides is 2. The van der Waals surface area contributed by atoms with Crippen molar-refractivity contribution in [2.75, 3.05) is 7.11 Å². The quantitative estimate of drug-likeness (QED) is 0.659. The lowest BCUT2D eigenvalue weighted by molar-refractivity contribution is -0.146. The molecular weight excluding hydrogens is 364 g/mol. The smallest absolute Gasteiger partial charge is 0.337 e. The van der Waals surface area contributed by atoms with Crippen LogP contribution in [0.1, 0.15) is 32.7 Å². The number of carbonyl (C=O) groups excluding carboxylic acids is 4. The third-order valence-electron chi connectivity index (χ3n) is 3.81. The molecule has 2 aromatic carbocycles. The van der Waals surface area contributed by atoms with Crippen molar-refractivity contribution in [3.63, 3.8) is 0 Å². The summed E-state index contributed by atoms with van der Waals surface area (Å²) in [7, 11) is 1.22. The minimum absolute atomic E-state index is 0.0419. The Bertz CT molecular complexity index is 866. The average Bonchev–Trinajstić information content (AvgIpc) is 2.71. The fourth-order valence-corrected chi connectivity index (χ4v) is 2.33. The Morgan fingerprint density at radius 3 is 2.32 bits per heavy atom. The predicted molar refractivity (Wildman–Crippen MR) is 99.1 cm³/mol. The molecule has 3 N–H and O–H groups in total. The van der Waals surface area contributed by atoms with Gasteiger partial charge in [-0.25, -0.2) is 4.79 Å². The standard InChI is InChI=1S/C20H20N2O6/c1-27-20(26)15-9-5-8-14(10-15)19(25)22-16(18(21)24)11-17(23)28-12-13-6-3-2-4-7-13/h2-10,16H,11-12H2,1H3,(H2,21,24)(H,22,25)/t16-/m0/s1. The van der Waals surface area contributed by atoms with Crippen LogP contribution in [0.4, 0.5) is 0 Å². The van der Waals surface area contributed by atoms with Crippen LogP contribution in [0, 0.1) is 0 Å². The lowest BCUT2D eigenvalue weighted by Gasteiger charge is -2.15. The Balaban J connectivity index is 1.98. The molecule has 0 aliphatic heterocycles. The van der Waals surface area contributed by atoms with Crippen LogP contribution < -0.4 is 11.1 Å². The maximum Gasteiger partial charge on any atom is 0.337 e. The Hall–Kier alpha value is -3.68. The van der Waals surface area contributed by atoms with Gasteiger partial charge in [-0.15, -0.1) is 0 Å². The molecule has 0 unspecified atom stereocenters. The van der Waals surface area contributed by atoms with Crippen LogP contribution in [0.5, 0.6) is 0 Å². The van der Waals surface area contributed by atoms with Crippen LogP contribution in [0.25, 0.3) is 0 Å². The zero-order valence-corrected chi connectivity index (χ0v) is 15.2. The van der Waals surface area contributed by atoms with E-state index in [9.17, 15) is 19.2 Å². The van der Waals surface area contributed by atoms with E-state index < -0.39 is 36.2 Å². The summed E-state index contributed by atoms with van der Waals surface area (Å²) in [6.07, 6.45) is -0.412. The van der Waals surface area contributed by atoms with Gasteiger partial charge in [0.05, 0.1) is 19.1 Å². The number of nitrogens with one attached hydrogen (secondary N) is 1. The lowest BCUT2D eigenvalue weighted by atomic mass is 10.1. The fraction of sp³-hybridized carbons (Fsp3) is 0.200. The molecule has 0 bridgehead atoms. The van der Waals surface area contributed by atoms with Crippen molar-refractivity contribution in [1.82, 2.24) is 5.32 Å². The van der Waals surface area contributed by atoms with E-state index in [-0.39, 0.29) is 17.7 Å². The van der Waals surface area contributed by atoms with Crippen molar-refractivity contribution in [2.24, 2.45) is 5.73 Å². The van der Waals surface area contributed by atoms with E-state index in [4.69, 9.17) is 10.5 Å². The van der Waals surface area contributed by atoms with E-state index in [0.29, 0.717) is 0 Å². The number of primary amides is 1. The van der Waals surface area contributed by atoms with Gasteiger partial charge in [0.2, 0.25) is 5.91 Å². The Kier molecular flexibility index (Phi) is 7.27. The number of hydrogen-bond acceptors (Lipinski definition) is 6. The zero-order chi connectivity index (χ0) is 20.5. The van der Waals surface area contributed by atoms with Crippen molar-refractivity contribution < 1.29 is 28.7 Å². The van der Waals surface area contributed by atoms with Gasteiger partial charge >= 0.3 is 11.9 Å². The molecule has 2 rings (SSSR count). The molecule has 0 aliphatic carbocycles. The number of esters is 2. The van der Waals surface area contributed by atoms with Crippen molar-refractivity contribution in [3.05, 3.63) is 71.3 Å². The second-order valence-electron chi connectivity index (χ2n) is 5.85. The van der Waals surface area contributed by atoms with Gasteiger partial charge in [0.15, 0.2) is 0 Å². The molecule has 0 radical (unpaired) electrons. The third-order valence-corrected chi connectivity index (χ3v) is 3.81. The number of benzene rings is 2. The summed E-state index contributed by atoms with van der Waals surface area (Å²) in [5, 5.41) is 2.38. The summed E-state index contributed by atoms with van der Waals surface area (Å²) < 4.78 is 9.70. The van der Waals surface area contributed by atoms with Gasteiger partial charge in [-0.2, -0.15) is 0 Å². The van der Waals surface area contributed by atoms with E-state index in [2.05, 4.69) is 10.1 Å². The number of rotatable bonds is 8. The lowest BCUT2D eigenvalue weighted by Crippen LogP contribution is -2.45. The molecule has 0 aromatic heterocycles. The van der Waals surface area contributed by atoms with Crippen LogP contribution in [-0.4, -0.2) is 36.9 Å². The summed E-state index contributed by atoms with van der Waals surface area (Å²) in [5.74, 6) is -2.83. The first kappa shape index (κ1) is 20.6. The molecule has 0 heterocycles. The normalized spacial score (nSPS) is 11.2. The molecule has 2 amide bonds. The highest BCUT2D eigenvalue weighted by Gasteiger charge is 2.23. The molecule has 146 valence electrons. The van der Waals surface area contributed by atoms with Crippen molar-refractivity contribution >= 4 is 23.8 Å². The van der Waals surface area contributed by atoms with E-state index in [0.717, 1.165) is 5.56 Å². The number of ether oxygens (including phenoxy) is 2. The van der Waals surface area contributed by atoms with E-state index in [1.165, 1.54) is 31.4 Å². The van der Waals surface area contributed by atoms with Gasteiger partial charge in [-0.05, 0) is 23.8 Å². The van der Waals surface area contributed by atoms with E-state index in [1.807, 2.05) is 6.07 Å². The number of methoxy groups -OCH3 is 1. The molecule has 8 heteroatoms. The Morgan fingerprint density at radius 2 is 1.68 bits per heavy atom. The third kappa shape index (κ3) is 5.94. The summed E-state index contributed by atoms with van der Waals surface area (Å²) in [6.45, 7) is 0.0419. The molecule has 0 fully saturated rings. The molecule has 2 aromatic rings. The molecule has 1 atom stereocenters. The maximum absolute atomic E-state index is 12.4. The molecular formula is C20H20N2O6. The minimum atomic E-state index is -1.25. The average molecular weight is 384 g/mol. The SMILES string of the molecule is COC(=O)c1cccc(C(=O)N[C@@H](CC(=O)OCc2ccccc2)C(N)=O)c1. The van der Waals surface area contributed by atoms with Crippen molar-refractivity contribution in [1.29, 1.82) is 0 Å². The van der Waals surface area contributed by atoms with Crippen molar-refractivity contribution in [3.8, 4) is 0 Å². The molecule has 0 saturated heterocycles. The van der Waals surface area contributed by atoms with Gasteiger partial charge in [0, 0.05) is 5.56 Å². The second kappa shape index (κ2) is 9.86. The topological polar surface area (TPSA) is 125 Å². The molecule has 0 saturated carbocycles. The van der Waals surface area contributed by atoms with Crippen LogP contribution in [0.15, 0.2) is 54.6 Å². The first-order valence-electron chi connectivity index (χ1n) is 8.39. The van der Waals surface area contributed by atoms with Crippen LogP contribution in [-0.2, 0) is 25.7 Å². The van der Waals surface area contributed by atoms with Crippen LogP contribution >= 0.6 is 0 Å². The van der Waals surface area contributed by atoms with Gasteiger partial charge in [0.25, 0.3) is 5.91 Å². The molecule has 0 spiro atoms. The summed E-state index contributed by atoms with van der Waals surface area (Å²) in [5.41, 5.74) is 6.36. The maximum atomic E-state index is 12.4. The van der Waals surface area contributed by atoms with Crippen molar-refractivity contribution in [2.45, 2.75) is 19.1 Å². The molecule has 8 nitrogen and oxygen atoms in total. The number of nitrogens with two attached hydrogens (primary N) is 1. The summed E-state index contributed by atoms with van der Waals surface area (Å²) in [4.78, 5) is 47.5. The van der Waals surface area contributed by atoms with Crippen LogP contribution in [0.2, 0.25) is 0 Å². The number of hydrogen-bond donors (Lipinski definition) is 2. The highest BCUT2D eigenvalue weighted by atomic mass is 16.5. The number of carbonyl (C=O) groups is 4. The monoisotopic (exact) mass is 384 g/mol. The summed E-state index contributed by atoms with van der Waals surface area (Å²) in [6, 6.07) is 13.5. The Morgan fingerprint density at radius 1 is 1.00 bits per heavy atom. The minimum Gasteiger partial charge on any atom is -0.465 e. The van der Waals surface area contributed by atoms with E-state index in [1.54, 1.807) is 24.3 Å². The predicted octanol–water partition coefficient (Wildman–Crippen LogP) is 1.19. The van der Waals surface area contributed by atoms with Gasteiger partial charge in [-0.1, -0.05) is 36.4 Å². The summed E-state index contributed by atoms with van der Waals surface area (Å²) >= 11 is 0. The molecule has 0 aliphatic rings. The van der Waals surface area contributed by atoms with Gasteiger partial charge in [-0.3, -0.25) is 14.4 Å². The van der Waals surface area contributed by atoms with E-state index >= 15 is 0 Å². The zero-order valence-electron chi connectivity index (χ0n) is 15.2. The molecule has 28 heavy (non-hydrogen) atoms. The highest BCUT2D eigenvalue weighted by molar-refractivity contribution is 6.00. The first-order valence-corrected chi connectivity index (χ1v) is 8.39. The van der Waals surface area contributed by atoms with Crippen LogP contribution in [0.3, 0.4) is 0 Å². The fourth-order valence-electron chi connectivity index (χ4n) is 2.33. The first-order chi connectivity index (χ1) is 13.4. The Labute approximate surface area is 161 Å².